The Bertz CT molecular complexity index is 1290. The predicted octanol–water partition coefficient (Wildman–Crippen LogP) is 4.38. The molecular weight excluding hydrogens is 422 g/mol. The van der Waals surface area contributed by atoms with Crippen molar-refractivity contribution < 1.29 is 9.53 Å². The molecule has 6 nitrogen and oxygen atoms in total. The van der Waals surface area contributed by atoms with Crippen LogP contribution >= 0.6 is 11.8 Å². The van der Waals surface area contributed by atoms with Crippen molar-refractivity contribution in [3.8, 4) is 5.75 Å². The smallest absolute Gasteiger partial charge is 0.262 e. The van der Waals surface area contributed by atoms with E-state index in [1.54, 1.807) is 29.9 Å². The van der Waals surface area contributed by atoms with Crippen molar-refractivity contribution in [2.24, 2.45) is 0 Å². The quantitative estimate of drug-likeness (QED) is 0.322. The fourth-order valence-electron chi connectivity index (χ4n) is 3.40. The number of hydrogen-bond acceptors (Lipinski definition) is 5. The molecule has 0 spiro atoms. The summed E-state index contributed by atoms with van der Waals surface area (Å²) in [6.07, 6.45) is 0.696. The van der Waals surface area contributed by atoms with Gasteiger partial charge < -0.3 is 10.1 Å². The number of nitrogens with zero attached hydrogens (tertiary/aromatic N) is 2. The van der Waals surface area contributed by atoms with Crippen molar-refractivity contribution in [1.29, 1.82) is 0 Å². The summed E-state index contributed by atoms with van der Waals surface area (Å²) in [5.74, 6) is 0.514. The Balaban J connectivity index is 1.56. The normalized spacial score (nSPS) is 10.8. The van der Waals surface area contributed by atoms with Crippen LogP contribution in [-0.4, -0.2) is 28.3 Å². The minimum absolute atomic E-state index is 0.0980. The number of ether oxygens (including phenoxy) is 1. The van der Waals surface area contributed by atoms with E-state index in [2.05, 4.69) is 10.3 Å². The maximum atomic E-state index is 13.2. The molecule has 0 bridgehead atoms. The fourth-order valence-corrected chi connectivity index (χ4v) is 4.23. The molecule has 0 aliphatic heterocycles. The average Bonchev–Trinajstić information content (AvgIpc) is 2.83. The van der Waals surface area contributed by atoms with Crippen molar-refractivity contribution in [2.75, 3.05) is 18.2 Å². The van der Waals surface area contributed by atoms with Crippen LogP contribution in [0.2, 0.25) is 0 Å². The maximum absolute atomic E-state index is 13.2. The van der Waals surface area contributed by atoms with Crippen molar-refractivity contribution in [3.05, 3.63) is 94.8 Å². The van der Waals surface area contributed by atoms with Crippen molar-refractivity contribution >= 4 is 34.3 Å². The molecule has 0 fully saturated rings. The Kier molecular flexibility index (Phi) is 6.87. The number of aromatic nitrogens is 2. The molecule has 4 rings (SSSR count). The summed E-state index contributed by atoms with van der Waals surface area (Å²) in [4.78, 5) is 30.5. The predicted molar refractivity (Wildman–Crippen MR) is 128 cm³/mol. The van der Waals surface area contributed by atoms with Crippen molar-refractivity contribution in [2.45, 2.75) is 18.1 Å². The van der Waals surface area contributed by atoms with Gasteiger partial charge in [0.2, 0.25) is 5.91 Å². The number of thioether (sulfide) groups is 1. The van der Waals surface area contributed by atoms with Gasteiger partial charge in [-0.1, -0.05) is 66.4 Å². The molecule has 32 heavy (non-hydrogen) atoms. The van der Waals surface area contributed by atoms with Gasteiger partial charge in [0.15, 0.2) is 5.16 Å². The first-order valence-corrected chi connectivity index (χ1v) is 11.2. The molecule has 3 aromatic carbocycles. The van der Waals surface area contributed by atoms with E-state index >= 15 is 0 Å². The molecule has 1 N–H and O–H groups in total. The third kappa shape index (κ3) is 5.00. The minimum Gasteiger partial charge on any atom is -0.495 e. The monoisotopic (exact) mass is 445 g/mol. The third-order valence-corrected chi connectivity index (χ3v) is 5.98. The number of carbonyl (C=O) groups is 1. The van der Waals surface area contributed by atoms with Gasteiger partial charge >= 0.3 is 0 Å². The molecule has 1 amide bonds. The highest BCUT2D eigenvalue weighted by Gasteiger charge is 2.14. The largest absolute Gasteiger partial charge is 0.495 e. The number of amides is 1. The lowest BCUT2D eigenvalue weighted by Gasteiger charge is -2.14. The number of fused-ring (bicyclic) bond motifs is 1. The molecule has 0 atom stereocenters. The topological polar surface area (TPSA) is 73.2 Å². The van der Waals surface area contributed by atoms with Crippen LogP contribution in [0.4, 0.5) is 5.69 Å². The lowest BCUT2D eigenvalue weighted by atomic mass is 10.1. The van der Waals surface area contributed by atoms with Gasteiger partial charge in [0, 0.05) is 6.54 Å². The summed E-state index contributed by atoms with van der Waals surface area (Å²) in [6.45, 7) is 0.483. The van der Waals surface area contributed by atoms with E-state index in [0.29, 0.717) is 40.5 Å². The minimum atomic E-state index is -0.198. The lowest BCUT2D eigenvalue weighted by molar-refractivity contribution is -0.113. The van der Waals surface area contributed by atoms with Gasteiger partial charge in [0.1, 0.15) is 5.75 Å². The lowest BCUT2D eigenvalue weighted by Crippen LogP contribution is -2.25. The highest BCUT2D eigenvalue weighted by atomic mass is 32.2. The van der Waals surface area contributed by atoms with E-state index in [1.807, 2.05) is 60.7 Å². The molecule has 1 aromatic heterocycles. The van der Waals surface area contributed by atoms with Gasteiger partial charge in [-0.3, -0.25) is 14.2 Å². The average molecular weight is 446 g/mol. The number of hydrogen-bond donors (Lipinski definition) is 1. The number of anilines is 1. The van der Waals surface area contributed by atoms with E-state index in [9.17, 15) is 9.59 Å². The van der Waals surface area contributed by atoms with E-state index < -0.39 is 0 Å². The molecule has 162 valence electrons. The SMILES string of the molecule is COc1ccccc1NC(=O)CSc1nc2ccccc2c(=O)n1CCc1ccccc1. The number of methoxy groups -OCH3 is 1. The number of para-hydroxylation sites is 3. The van der Waals surface area contributed by atoms with Crippen molar-refractivity contribution in [1.82, 2.24) is 9.55 Å². The van der Waals surface area contributed by atoms with Crippen LogP contribution in [0.3, 0.4) is 0 Å². The Hall–Kier alpha value is -3.58. The Morgan fingerprint density at radius 1 is 1.00 bits per heavy atom. The molecule has 0 unspecified atom stereocenters. The molecule has 0 aliphatic carbocycles. The van der Waals surface area contributed by atoms with Crippen LogP contribution in [-0.2, 0) is 17.8 Å². The zero-order valence-electron chi connectivity index (χ0n) is 17.7. The van der Waals surface area contributed by atoms with Gasteiger partial charge in [-0.05, 0) is 36.2 Å². The Labute approximate surface area is 190 Å². The third-order valence-electron chi connectivity index (χ3n) is 5.01. The van der Waals surface area contributed by atoms with Crippen LogP contribution in [0.5, 0.6) is 5.75 Å². The second-order valence-electron chi connectivity index (χ2n) is 7.14. The highest BCUT2D eigenvalue weighted by Crippen LogP contribution is 2.24. The van der Waals surface area contributed by atoms with Crippen LogP contribution in [0.1, 0.15) is 5.56 Å². The van der Waals surface area contributed by atoms with E-state index in [-0.39, 0.29) is 17.2 Å². The Morgan fingerprint density at radius 3 is 2.53 bits per heavy atom. The zero-order chi connectivity index (χ0) is 22.3. The van der Waals surface area contributed by atoms with Gasteiger partial charge in [-0.2, -0.15) is 0 Å². The number of carbonyl (C=O) groups excluding carboxylic acids is 1. The molecule has 7 heteroatoms. The second kappa shape index (κ2) is 10.2. The van der Waals surface area contributed by atoms with E-state index in [4.69, 9.17) is 4.74 Å². The summed E-state index contributed by atoms with van der Waals surface area (Å²) in [6, 6.07) is 24.5. The summed E-state index contributed by atoms with van der Waals surface area (Å²) in [5, 5.41) is 3.96. The molecular formula is C25H23N3O3S. The van der Waals surface area contributed by atoms with Crippen molar-refractivity contribution in [3.63, 3.8) is 0 Å². The zero-order valence-corrected chi connectivity index (χ0v) is 18.5. The second-order valence-corrected chi connectivity index (χ2v) is 8.08. The maximum Gasteiger partial charge on any atom is 0.262 e. The first-order chi connectivity index (χ1) is 15.7. The van der Waals surface area contributed by atoms with E-state index in [1.165, 1.54) is 11.8 Å². The molecule has 0 radical (unpaired) electrons. The summed E-state index contributed by atoms with van der Waals surface area (Å²) in [5.41, 5.74) is 2.27. The molecule has 0 saturated heterocycles. The van der Waals surface area contributed by atoms with Gasteiger partial charge in [0.25, 0.3) is 5.56 Å². The summed E-state index contributed by atoms with van der Waals surface area (Å²) < 4.78 is 6.95. The first-order valence-electron chi connectivity index (χ1n) is 10.2. The van der Waals surface area contributed by atoms with Crippen LogP contribution in [0.25, 0.3) is 10.9 Å². The van der Waals surface area contributed by atoms with E-state index in [0.717, 1.165) is 5.56 Å². The molecule has 0 saturated carbocycles. The fraction of sp³-hybridized carbons (Fsp3) is 0.160. The number of rotatable bonds is 8. The standard InChI is InChI=1S/C25H23N3O3S/c1-31-22-14-8-7-13-21(22)26-23(29)17-32-25-27-20-12-6-5-11-19(20)24(30)28(25)16-15-18-9-3-2-4-10-18/h2-14H,15-17H2,1H3,(H,26,29). The van der Waals surface area contributed by atoms with Gasteiger partial charge in [0.05, 0.1) is 29.5 Å². The molecule has 1 heterocycles. The highest BCUT2D eigenvalue weighted by molar-refractivity contribution is 7.99. The number of aryl methyl sites for hydroxylation is 1. The molecule has 0 aliphatic rings. The Morgan fingerprint density at radius 2 is 1.72 bits per heavy atom. The summed E-state index contributed by atoms with van der Waals surface area (Å²) >= 11 is 1.25. The van der Waals surface area contributed by atoms with Crippen LogP contribution < -0.4 is 15.6 Å². The molecule has 4 aromatic rings. The van der Waals surface area contributed by atoms with Gasteiger partial charge in [-0.25, -0.2) is 4.98 Å². The van der Waals surface area contributed by atoms with Crippen LogP contribution in [0, 0.1) is 0 Å². The summed E-state index contributed by atoms with van der Waals surface area (Å²) in [7, 11) is 1.56. The first kappa shape index (κ1) is 21.6. The van der Waals surface area contributed by atoms with Crippen LogP contribution in [0.15, 0.2) is 88.8 Å². The number of nitrogens with one attached hydrogen (secondary N) is 1. The van der Waals surface area contributed by atoms with Gasteiger partial charge in [-0.15, -0.1) is 0 Å². The number of benzene rings is 3.